The van der Waals surface area contributed by atoms with E-state index < -0.39 is 0 Å². The van der Waals surface area contributed by atoms with Gasteiger partial charge in [0.25, 0.3) is 0 Å². The number of aromatic nitrogens is 3. The number of carbonyl (C=O) groups excluding carboxylic acids is 1. The van der Waals surface area contributed by atoms with Crippen molar-refractivity contribution in [2.75, 3.05) is 43.1 Å². The molecule has 5 aliphatic rings. The van der Waals surface area contributed by atoms with Crippen LogP contribution >= 0.6 is 0 Å². The maximum atomic E-state index is 12.7. The lowest BCUT2D eigenvalue weighted by molar-refractivity contribution is -0.0807. The minimum absolute atomic E-state index is 0.0250. The van der Waals surface area contributed by atoms with Crippen LogP contribution in [0.15, 0.2) is 18.3 Å². The summed E-state index contributed by atoms with van der Waals surface area (Å²) in [6.07, 6.45) is 8.01. The largest absolute Gasteiger partial charge is 0.377 e. The van der Waals surface area contributed by atoms with Crippen molar-refractivity contribution < 1.29 is 9.53 Å². The number of nitrogens with zero attached hydrogens (tertiary/aromatic N) is 4. The van der Waals surface area contributed by atoms with Crippen molar-refractivity contribution in [3.05, 3.63) is 29.5 Å². The molecule has 0 spiro atoms. The molecule has 7 rings (SSSR count). The highest BCUT2D eigenvalue weighted by atomic mass is 16.5. The van der Waals surface area contributed by atoms with Crippen LogP contribution in [0, 0.1) is 5.41 Å². The zero-order valence-corrected chi connectivity index (χ0v) is 19.6. The lowest BCUT2D eigenvalue weighted by Crippen LogP contribution is -2.77. The number of hydrogen-bond acceptors (Lipinski definition) is 7. The Labute approximate surface area is 199 Å². The Balaban J connectivity index is 1.30. The molecule has 4 heterocycles. The summed E-state index contributed by atoms with van der Waals surface area (Å²) in [5.41, 5.74) is 1.82. The highest BCUT2D eigenvalue weighted by molar-refractivity contribution is 5.90. The van der Waals surface area contributed by atoms with Crippen molar-refractivity contribution in [2.45, 2.75) is 56.0 Å². The van der Waals surface area contributed by atoms with Gasteiger partial charge in [-0.3, -0.25) is 5.10 Å². The Bertz CT molecular complexity index is 1070. The van der Waals surface area contributed by atoms with Gasteiger partial charge in [0.1, 0.15) is 17.5 Å². The molecule has 0 unspecified atom stereocenters. The minimum atomic E-state index is -0.106. The second kappa shape index (κ2) is 7.97. The molecular formula is C24H32N8O2. The molecule has 4 N–H and O–H groups in total. The third kappa shape index (κ3) is 3.43. The van der Waals surface area contributed by atoms with Gasteiger partial charge in [-0.15, -0.1) is 0 Å². The van der Waals surface area contributed by atoms with Crippen molar-refractivity contribution in [3.8, 4) is 0 Å². The maximum Gasteiger partial charge on any atom is 0.317 e. The zero-order valence-electron chi connectivity index (χ0n) is 19.6. The first-order valence-corrected chi connectivity index (χ1v) is 12.2. The summed E-state index contributed by atoms with van der Waals surface area (Å²) < 4.78 is 5.65. The van der Waals surface area contributed by atoms with Gasteiger partial charge in [-0.1, -0.05) is 0 Å². The molecule has 5 fully saturated rings. The lowest BCUT2D eigenvalue weighted by atomic mass is 9.37. The summed E-state index contributed by atoms with van der Waals surface area (Å²) in [5, 5.41) is 21.9. The average molecular weight is 465 g/mol. The third-order valence-electron chi connectivity index (χ3n) is 7.97. The number of morpholine rings is 1. The van der Waals surface area contributed by atoms with Crippen molar-refractivity contribution in [3.63, 3.8) is 0 Å². The van der Waals surface area contributed by atoms with Gasteiger partial charge < -0.3 is 30.6 Å². The van der Waals surface area contributed by atoms with Crippen molar-refractivity contribution in [1.29, 1.82) is 5.41 Å². The van der Waals surface area contributed by atoms with Crippen LogP contribution in [0.25, 0.3) is 0 Å². The number of nitrogens with one attached hydrogen (secondary N) is 4. The Morgan fingerprint density at radius 1 is 1.29 bits per heavy atom. The van der Waals surface area contributed by atoms with Gasteiger partial charge in [0.05, 0.1) is 25.5 Å². The van der Waals surface area contributed by atoms with E-state index >= 15 is 0 Å². The SMILES string of the molecule is C[C@@H]1COCCN1c1cc(C23CC(NC(=O)N4CCCC4)(C2)C3)c(C=N)c(Nc2ccn[nH]2)n1. The van der Waals surface area contributed by atoms with Crippen molar-refractivity contribution in [2.24, 2.45) is 0 Å². The number of likely N-dealkylation sites (tertiary alicyclic amines) is 1. The third-order valence-corrected chi connectivity index (χ3v) is 7.97. The van der Waals surface area contributed by atoms with Crippen LogP contribution in [0.2, 0.25) is 0 Å². The van der Waals surface area contributed by atoms with Gasteiger partial charge in [0.2, 0.25) is 0 Å². The summed E-state index contributed by atoms with van der Waals surface area (Å²) in [6, 6.07) is 4.32. The Hall–Kier alpha value is -3.14. The number of H-pyrrole nitrogens is 1. The Kier molecular flexibility index (Phi) is 5.02. The Morgan fingerprint density at radius 2 is 2.09 bits per heavy atom. The standard InChI is InChI=1S/C24H32N8O2/c1-16-12-34-9-8-32(16)20-10-18(17(11-25)21(28-20)27-19-4-5-26-30-19)23-13-24(14-23,15-23)29-22(33)31-6-2-3-7-31/h4-5,10-11,16,25H,2-3,6-9,12-15H2,1H3,(H,29,33)(H2,26,27,28,30)/t16-,23?,24?/m1/s1. The minimum Gasteiger partial charge on any atom is -0.377 e. The number of hydrogen-bond donors (Lipinski definition) is 4. The van der Waals surface area contributed by atoms with Crippen LogP contribution in [-0.4, -0.2) is 76.8 Å². The number of pyridine rings is 1. The van der Waals surface area contributed by atoms with Crippen LogP contribution in [0.3, 0.4) is 0 Å². The number of amides is 2. The van der Waals surface area contributed by atoms with E-state index in [2.05, 4.69) is 38.7 Å². The van der Waals surface area contributed by atoms with E-state index in [1.54, 1.807) is 6.20 Å². The molecule has 2 amide bonds. The molecule has 2 aromatic rings. The topological polar surface area (TPSA) is 122 Å². The van der Waals surface area contributed by atoms with Gasteiger partial charge in [-0.25, -0.2) is 9.78 Å². The normalized spacial score (nSPS) is 29.9. The van der Waals surface area contributed by atoms with Crippen molar-refractivity contribution >= 4 is 29.7 Å². The smallest absolute Gasteiger partial charge is 0.317 e. The van der Waals surface area contributed by atoms with E-state index in [4.69, 9.17) is 15.1 Å². The molecule has 34 heavy (non-hydrogen) atoms. The summed E-state index contributed by atoms with van der Waals surface area (Å²) in [5.74, 6) is 2.30. The van der Waals surface area contributed by atoms with E-state index in [9.17, 15) is 4.79 Å². The number of anilines is 3. The molecule has 3 aliphatic carbocycles. The second-order valence-electron chi connectivity index (χ2n) is 10.4. The van der Waals surface area contributed by atoms with Crippen LogP contribution in [0.1, 0.15) is 50.2 Å². The lowest BCUT2D eigenvalue weighted by Gasteiger charge is -2.71. The maximum absolute atomic E-state index is 12.7. The van der Waals surface area contributed by atoms with Crippen LogP contribution in [0.4, 0.5) is 22.2 Å². The second-order valence-corrected chi connectivity index (χ2v) is 10.4. The molecule has 1 atom stereocenters. The van der Waals surface area contributed by atoms with E-state index in [-0.39, 0.29) is 23.0 Å². The first-order chi connectivity index (χ1) is 16.5. The molecular weight excluding hydrogens is 432 g/mol. The predicted molar refractivity (Wildman–Crippen MR) is 129 cm³/mol. The van der Waals surface area contributed by atoms with E-state index in [0.29, 0.717) is 19.0 Å². The summed E-state index contributed by atoms with van der Waals surface area (Å²) in [7, 11) is 0. The molecule has 2 bridgehead atoms. The molecule has 0 aromatic carbocycles. The van der Waals surface area contributed by atoms with E-state index in [1.807, 2.05) is 11.0 Å². The molecule has 3 saturated carbocycles. The van der Waals surface area contributed by atoms with Crippen LogP contribution in [-0.2, 0) is 10.2 Å². The van der Waals surface area contributed by atoms with Gasteiger partial charge in [0, 0.05) is 48.4 Å². The molecule has 0 radical (unpaired) electrons. The van der Waals surface area contributed by atoms with Crippen LogP contribution < -0.4 is 15.5 Å². The highest BCUT2D eigenvalue weighted by Gasteiger charge is 2.69. The van der Waals surface area contributed by atoms with Gasteiger partial charge in [-0.05, 0) is 50.7 Å². The van der Waals surface area contributed by atoms with Gasteiger partial charge in [0.15, 0.2) is 0 Å². The zero-order chi connectivity index (χ0) is 23.3. The molecule has 2 aromatic heterocycles. The first kappa shape index (κ1) is 21.4. The first-order valence-electron chi connectivity index (χ1n) is 12.2. The van der Waals surface area contributed by atoms with Crippen molar-refractivity contribution in [1.82, 2.24) is 25.4 Å². The number of urea groups is 1. The molecule has 10 heteroatoms. The predicted octanol–water partition coefficient (Wildman–Crippen LogP) is 2.75. The fraction of sp³-hybridized carbons (Fsp3) is 0.583. The number of ether oxygens (including phenoxy) is 1. The molecule has 180 valence electrons. The fourth-order valence-corrected chi connectivity index (χ4v) is 6.32. The molecule has 10 nitrogen and oxygen atoms in total. The number of rotatable bonds is 6. The van der Waals surface area contributed by atoms with E-state index in [0.717, 1.165) is 74.5 Å². The average Bonchev–Trinajstić information content (AvgIpc) is 3.49. The summed E-state index contributed by atoms with van der Waals surface area (Å²) in [6.45, 7) is 6.00. The van der Waals surface area contributed by atoms with Gasteiger partial charge >= 0.3 is 6.03 Å². The molecule has 2 saturated heterocycles. The number of aromatic amines is 1. The van der Waals surface area contributed by atoms with E-state index in [1.165, 1.54) is 6.21 Å². The Morgan fingerprint density at radius 3 is 2.76 bits per heavy atom. The fourth-order valence-electron chi connectivity index (χ4n) is 6.32. The quantitative estimate of drug-likeness (QED) is 0.488. The molecule has 2 aliphatic heterocycles. The summed E-state index contributed by atoms with van der Waals surface area (Å²) in [4.78, 5) is 21.9. The monoisotopic (exact) mass is 464 g/mol. The van der Waals surface area contributed by atoms with Gasteiger partial charge in [-0.2, -0.15) is 5.10 Å². The summed E-state index contributed by atoms with van der Waals surface area (Å²) >= 11 is 0. The highest BCUT2D eigenvalue weighted by Crippen LogP contribution is 2.68. The number of carbonyl (C=O) groups is 1. The van der Waals surface area contributed by atoms with Crippen LogP contribution in [0.5, 0.6) is 0 Å².